The fourth-order valence-electron chi connectivity index (χ4n) is 2.47. The molecule has 1 aromatic rings. The van der Waals surface area contributed by atoms with E-state index in [2.05, 4.69) is 12.2 Å². The van der Waals surface area contributed by atoms with Crippen molar-refractivity contribution < 1.29 is 13.6 Å². The molecule has 1 aliphatic heterocycles. The van der Waals surface area contributed by atoms with E-state index in [9.17, 15) is 13.6 Å². The van der Waals surface area contributed by atoms with Crippen LogP contribution in [0.1, 0.15) is 24.8 Å². The van der Waals surface area contributed by atoms with E-state index in [0.29, 0.717) is 13.0 Å². The lowest BCUT2D eigenvalue weighted by molar-refractivity contribution is -0.119. The SMILES string of the molecule is NC(=O)C1CCCCN1c1ccc(C(N)=S)c(F)c1F. The lowest BCUT2D eigenvalue weighted by Gasteiger charge is -2.35. The fraction of sp³-hybridized carbons (Fsp3) is 0.385. The zero-order valence-corrected chi connectivity index (χ0v) is 11.6. The van der Waals surface area contributed by atoms with Gasteiger partial charge in [0.25, 0.3) is 0 Å². The molecule has 0 saturated carbocycles. The highest BCUT2D eigenvalue weighted by molar-refractivity contribution is 7.80. The first-order valence-corrected chi connectivity index (χ1v) is 6.68. The van der Waals surface area contributed by atoms with Gasteiger partial charge in [-0.25, -0.2) is 8.78 Å². The number of thiocarbonyl (C=S) groups is 1. The molecule has 0 bridgehead atoms. The Morgan fingerprint density at radius 1 is 1.25 bits per heavy atom. The number of nitrogens with zero attached hydrogens (tertiary/aromatic N) is 1. The van der Waals surface area contributed by atoms with Crippen molar-refractivity contribution in [3.05, 3.63) is 29.3 Å². The molecule has 0 aromatic heterocycles. The van der Waals surface area contributed by atoms with Gasteiger partial charge >= 0.3 is 0 Å². The maximum atomic E-state index is 14.2. The maximum absolute atomic E-state index is 14.2. The third-order valence-electron chi connectivity index (χ3n) is 3.47. The van der Waals surface area contributed by atoms with Crippen molar-refractivity contribution in [1.29, 1.82) is 0 Å². The first kappa shape index (κ1) is 14.6. The van der Waals surface area contributed by atoms with Crippen LogP contribution < -0.4 is 16.4 Å². The molecule has 1 amide bonds. The lowest BCUT2D eigenvalue weighted by Crippen LogP contribution is -2.48. The van der Waals surface area contributed by atoms with Gasteiger partial charge in [-0.15, -0.1) is 0 Å². The number of nitrogens with two attached hydrogens (primary N) is 2. The molecule has 2 rings (SSSR count). The topological polar surface area (TPSA) is 72.4 Å². The van der Waals surface area contributed by atoms with Crippen LogP contribution in [0.3, 0.4) is 0 Å². The quantitative estimate of drug-likeness (QED) is 0.829. The van der Waals surface area contributed by atoms with Crippen LogP contribution in [0.25, 0.3) is 0 Å². The van der Waals surface area contributed by atoms with Gasteiger partial charge in [0.05, 0.1) is 5.69 Å². The first-order chi connectivity index (χ1) is 9.43. The zero-order valence-electron chi connectivity index (χ0n) is 10.7. The van der Waals surface area contributed by atoms with Gasteiger partial charge in [0.1, 0.15) is 11.0 Å². The molecule has 7 heteroatoms. The number of carbonyl (C=O) groups excluding carboxylic acids is 1. The van der Waals surface area contributed by atoms with Gasteiger partial charge in [-0.1, -0.05) is 12.2 Å². The van der Waals surface area contributed by atoms with E-state index in [1.807, 2.05) is 0 Å². The highest BCUT2D eigenvalue weighted by Gasteiger charge is 2.30. The Morgan fingerprint density at radius 3 is 2.55 bits per heavy atom. The molecule has 1 aliphatic rings. The molecule has 0 radical (unpaired) electrons. The Labute approximate surface area is 120 Å². The monoisotopic (exact) mass is 299 g/mol. The summed E-state index contributed by atoms with van der Waals surface area (Å²) in [5, 5.41) is 0. The van der Waals surface area contributed by atoms with E-state index >= 15 is 0 Å². The zero-order chi connectivity index (χ0) is 14.9. The number of hydrogen-bond donors (Lipinski definition) is 2. The average Bonchev–Trinajstić information content (AvgIpc) is 2.41. The molecule has 1 unspecified atom stereocenters. The molecule has 1 saturated heterocycles. The van der Waals surface area contributed by atoms with Crippen molar-refractivity contribution in [3.63, 3.8) is 0 Å². The van der Waals surface area contributed by atoms with Gasteiger partial charge in [0.15, 0.2) is 11.6 Å². The Bertz CT molecular complexity index is 565. The van der Waals surface area contributed by atoms with Crippen molar-refractivity contribution in [2.24, 2.45) is 11.5 Å². The highest BCUT2D eigenvalue weighted by Crippen LogP contribution is 2.29. The smallest absolute Gasteiger partial charge is 0.240 e. The van der Waals surface area contributed by atoms with Gasteiger partial charge in [-0.3, -0.25) is 4.79 Å². The number of amides is 1. The summed E-state index contributed by atoms with van der Waals surface area (Å²) < 4.78 is 28.1. The molecule has 1 heterocycles. The van der Waals surface area contributed by atoms with Crippen LogP contribution >= 0.6 is 12.2 Å². The summed E-state index contributed by atoms with van der Waals surface area (Å²) >= 11 is 4.66. The van der Waals surface area contributed by atoms with Gasteiger partial charge in [-0.2, -0.15) is 0 Å². The van der Waals surface area contributed by atoms with E-state index in [4.69, 9.17) is 11.5 Å². The second kappa shape index (κ2) is 5.70. The molecular weight excluding hydrogens is 284 g/mol. The van der Waals surface area contributed by atoms with Gasteiger partial charge in [-0.05, 0) is 31.4 Å². The number of primary amides is 1. The lowest BCUT2D eigenvalue weighted by atomic mass is 10.00. The van der Waals surface area contributed by atoms with Gasteiger partial charge in [0.2, 0.25) is 5.91 Å². The van der Waals surface area contributed by atoms with Crippen LogP contribution in [0.4, 0.5) is 14.5 Å². The van der Waals surface area contributed by atoms with Crippen molar-refractivity contribution in [1.82, 2.24) is 0 Å². The van der Waals surface area contributed by atoms with Crippen LogP contribution in [-0.2, 0) is 4.79 Å². The van der Waals surface area contributed by atoms with E-state index < -0.39 is 23.6 Å². The van der Waals surface area contributed by atoms with Crippen molar-refractivity contribution in [3.8, 4) is 0 Å². The number of benzene rings is 1. The maximum Gasteiger partial charge on any atom is 0.240 e. The molecule has 0 spiro atoms. The molecule has 108 valence electrons. The molecule has 4 nitrogen and oxygen atoms in total. The normalized spacial score (nSPS) is 18.9. The Morgan fingerprint density at radius 2 is 1.95 bits per heavy atom. The van der Waals surface area contributed by atoms with Gasteiger partial charge in [0, 0.05) is 12.1 Å². The largest absolute Gasteiger partial charge is 0.389 e. The summed E-state index contributed by atoms with van der Waals surface area (Å²) in [4.78, 5) is 12.7. The first-order valence-electron chi connectivity index (χ1n) is 6.27. The predicted octanol–water partition coefficient (Wildman–Crippen LogP) is 1.44. The molecule has 1 fully saturated rings. The number of piperidine rings is 1. The molecule has 1 aromatic carbocycles. The number of hydrogen-bond acceptors (Lipinski definition) is 3. The number of halogens is 2. The summed E-state index contributed by atoms with van der Waals surface area (Å²) in [6.45, 7) is 0.455. The third kappa shape index (κ3) is 2.58. The van der Waals surface area contributed by atoms with Crippen LogP contribution in [0, 0.1) is 11.6 Å². The summed E-state index contributed by atoms with van der Waals surface area (Å²) in [7, 11) is 0. The van der Waals surface area contributed by atoms with E-state index in [1.54, 1.807) is 0 Å². The van der Waals surface area contributed by atoms with Crippen molar-refractivity contribution in [2.75, 3.05) is 11.4 Å². The van der Waals surface area contributed by atoms with Crippen LogP contribution in [0.5, 0.6) is 0 Å². The average molecular weight is 299 g/mol. The van der Waals surface area contributed by atoms with Crippen molar-refractivity contribution in [2.45, 2.75) is 25.3 Å². The van der Waals surface area contributed by atoms with Crippen LogP contribution in [0.2, 0.25) is 0 Å². The van der Waals surface area contributed by atoms with Gasteiger partial charge < -0.3 is 16.4 Å². The van der Waals surface area contributed by atoms with E-state index in [1.165, 1.54) is 17.0 Å². The summed E-state index contributed by atoms with van der Waals surface area (Å²) in [5.41, 5.74) is 10.5. The highest BCUT2D eigenvalue weighted by atomic mass is 32.1. The molecule has 20 heavy (non-hydrogen) atoms. The summed E-state index contributed by atoms with van der Waals surface area (Å²) in [6.07, 6.45) is 2.16. The van der Waals surface area contributed by atoms with Crippen molar-refractivity contribution >= 4 is 28.8 Å². The minimum absolute atomic E-state index is 0.0194. The number of rotatable bonds is 3. The molecule has 1 atom stereocenters. The van der Waals surface area contributed by atoms with Crippen LogP contribution in [0.15, 0.2) is 12.1 Å². The minimum Gasteiger partial charge on any atom is -0.389 e. The number of anilines is 1. The minimum atomic E-state index is -1.09. The summed E-state index contributed by atoms with van der Waals surface area (Å²) in [5.74, 6) is -2.69. The predicted molar refractivity (Wildman–Crippen MR) is 76.4 cm³/mol. The summed E-state index contributed by atoms with van der Waals surface area (Å²) in [6, 6.07) is 2.09. The van der Waals surface area contributed by atoms with E-state index in [0.717, 1.165) is 12.8 Å². The molecule has 4 N–H and O–H groups in total. The Hall–Kier alpha value is -1.76. The standard InChI is InChI=1S/C13H15F2N3OS/c14-10-7(13(17)20)4-5-8(11(10)15)18-6-2-1-3-9(18)12(16)19/h4-5,9H,1-3,6H2,(H2,16,19)(H2,17,20). The van der Waals surface area contributed by atoms with E-state index in [-0.39, 0.29) is 16.2 Å². The molecule has 0 aliphatic carbocycles. The Balaban J connectivity index is 2.44. The molecular formula is C13H15F2N3OS. The Kier molecular flexibility index (Phi) is 4.17. The number of carbonyl (C=O) groups is 1. The third-order valence-corrected chi connectivity index (χ3v) is 3.69. The second-order valence-electron chi connectivity index (χ2n) is 4.73. The van der Waals surface area contributed by atoms with Crippen LogP contribution in [-0.4, -0.2) is 23.5 Å². The fourth-order valence-corrected chi connectivity index (χ4v) is 2.62. The second-order valence-corrected chi connectivity index (χ2v) is 5.17.